The van der Waals surface area contributed by atoms with Crippen molar-refractivity contribution >= 4 is 11.7 Å². The summed E-state index contributed by atoms with van der Waals surface area (Å²) in [5.41, 5.74) is 5.52. The van der Waals surface area contributed by atoms with E-state index in [1.165, 1.54) is 6.92 Å². The fourth-order valence-corrected chi connectivity index (χ4v) is 1.03. The molecule has 0 aliphatic rings. The van der Waals surface area contributed by atoms with E-state index >= 15 is 0 Å². The molecular weight excluding hydrogens is 194 g/mol. The SMILES string of the molecule is CC(=O)CCOc1ccc(C(N)=O)cc1. The van der Waals surface area contributed by atoms with E-state index in [9.17, 15) is 9.59 Å². The van der Waals surface area contributed by atoms with Crippen molar-refractivity contribution in [2.75, 3.05) is 6.61 Å². The lowest BCUT2D eigenvalue weighted by atomic mass is 10.2. The molecule has 0 aliphatic heterocycles. The van der Waals surface area contributed by atoms with E-state index in [1.54, 1.807) is 24.3 Å². The average Bonchev–Trinajstić information content (AvgIpc) is 2.18. The number of amides is 1. The number of primary amides is 1. The summed E-state index contributed by atoms with van der Waals surface area (Å²) in [6, 6.07) is 6.48. The molecule has 1 amide bonds. The Morgan fingerprint density at radius 3 is 2.33 bits per heavy atom. The Kier molecular flexibility index (Phi) is 3.85. The van der Waals surface area contributed by atoms with Crippen molar-refractivity contribution in [3.63, 3.8) is 0 Å². The van der Waals surface area contributed by atoms with Crippen LogP contribution in [0.5, 0.6) is 5.75 Å². The number of carbonyl (C=O) groups is 2. The van der Waals surface area contributed by atoms with Gasteiger partial charge >= 0.3 is 0 Å². The lowest BCUT2D eigenvalue weighted by molar-refractivity contribution is -0.117. The second-order valence-corrected chi connectivity index (χ2v) is 3.19. The molecule has 0 radical (unpaired) electrons. The number of Topliss-reactive ketones (excluding diaryl/α,β-unsaturated/α-hetero) is 1. The Labute approximate surface area is 88.0 Å². The lowest BCUT2D eigenvalue weighted by Crippen LogP contribution is -2.10. The predicted molar refractivity (Wildman–Crippen MR) is 55.8 cm³/mol. The highest BCUT2D eigenvalue weighted by Crippen LogP contribution is 2.11. The first kappa shape index (κ1) is 11.2. The van der Waals surface area contributed by atoms with Crippen molar-refractivity contribution in [2.45, 2.75) is 13.3 Å². The monoisotopic (exact) mass is 207 g/mol. The number of rotatable bonds is 5. The maximum atomic E-state index is 10.8. The minimum Gasteiger partial charge on any atom is -0.493 e. The molecule has 0 saturated carbocycles. The first-order chi connectivity index (χ1) is 7.09. The van der Waals surface area contributed by atoms with Crippen LogP contribution in [0.2, 0.25) is 0 Å². The van der Waals surface area contributed by atoms with Gasteiger partial charge < -0.3 is 10.5 Å². The summed E-state index contributed by atoms with van der Waals surface area (Å²) in [6.07, 6.45) is 0.386. The number of benzene rings is 1. The molecule has 0 unspecified atom stereocenters. The van der Waals surface area contributed by atoms with Gasteiger partial charge in [0.25, 0.3) is 0 Å². The summed E-state index contributed by atoms with van der Waals surface area (Å²) in [7, 11) is 0. The number of nitrogens with two attached hydrogens (primary N) is 1. The van der Waals surface area contributed by atoms with E-state index in [0.29, 0.717) is 24.3 Å². The first-order valence-corrected chi connectivity index (χ1v) is 4.61. The molecular formula is C11H13NO3. The first-order valence-electron chi connectivity index (χ1n) is 4.61. The molecule has 0 spiro atoms. The molecule has 2 N–H and O–H groups in total. The molecule has 0 fully saturated rings. The second kappa shape index (κ2) is 5.14. The molecule has 15 heavy (non-hydrogen) atoms. The molecule has 0 bridgehead atoms. The van der Waals surface area contributed by atoms with Crippen LogP contribution in [0, 0.1) is 0 Å². The largest absolute Gasteiger partial charge is 0.493 e. The van der Waals surface area contributed by atoms with Gasteiger partial charge in [-0.2, -0.15) is 0 Å². The van der Waals surface area contributed by atoms with E-state index in [1.807, 2.05) is 0 Å². The molecule has 0 aliphatic carbocycles. The highest BCUT2D eigenvalue weighted by Gasteiger charge is 2.00. The predicted octanol–water partition coefficient (Wildman–Crippen LogP) is 1.14. The van der Waals surface area contributed by atoms with Crippen LogP contribution < -0.4 is 10.5 Å². The smallest absolute Gasteiger partial charge is 0.248 e. The summed E-state index contributed by atoms with van der Waals surface area (Å²) < 4.78 is 5.28. The summed E-state index contributed by atoms with van der Waals surface area (Å²) in [5.74, 6) is 0.246. The standard InChI is InChI=1S/C11H13NO3/c1-8(13)6-7-15-10-4-2-9(3-5-10)11(12)14/h2-5H,6-7H2,1H3,(H2,12,14). The zero-order valence-electron chi connectivity index (χ0n) is 8.53. The van der Waals surface area contributed by atoms with Crippen molar-refractivity contribution in [1.29, 1.82) is 0 Å². The van der Waals surface area contributed by atoms with Gasteiger partial charge in [-0.3, -0.25) is 9.59 Å². The molecule has 0 aromatic heterocycles. The molecule has 1 rings (SSSR count). The van der Waals surface area contributed by atoms with Gasteiger partial charge in [-0.15, -0.1) is 0 Å². The number of ketones is 1. The normalized spacial score (nSPS) is 9.67. The molecule has 4 nitrogen and oxygen atoms in total. The van der Waals surface area contributed by atoms with Crippen LogP contribution in [-0.2, 0) is 4.79 Å². The van der Waals surface area contributed by atoms with Gasteiger partial charge in [0.2, 0.25) is 5.91 Å². The fraction of sp³-hybridized carbons (Fsp3) is 0.273. The minimum atomic E-state index is -0.467. The van der Waals surface area contributed by atoms with E-state index < -0.39 is 5.91 Å². The molecule has 80 valence electrons. The maximum Gasteiger partial charge on any atom is 0.248 e. The van der Waals surface area contributed by atoms with Crippen LogP contribution in [0.4, 0.5) is 0 Å². The Bertz CT molecular complexity index is 357. The fourth-order valence-electron chi connectivity index (χ4n) is 1.03. The van der Waals surface area contributed by atoms with Crippen LogP contribution in [0.3, 0.4) is 0 Å². The zero-order valence-corrected chi connectivity index (χ0v) is 8.53. The van der Waals surface area contributed by atoms with Gasteiger partial charge in [0, 0.05) is 12.0 Å². The van der Waals surface area contributed by atoms with Gasteiger partial charge in [0.15, 0.2) is 0 Å². The number of hydrogen-bond donors (Lipinski definition) is 1. The number of ether oxygens (including phenoxy) is 1. The van der Waals surface area contributed by atoms with E-state index in [4.69, 9.17) is 10.5 Å². The topological polar surface area (TPSA) is 69.4 Å². The van der Waals surface area contributed by atoms with E-state index in [-0.39, 0.29) is 5.78 Å². The molecule has 1 aromatic carbocycles. The van der Waals surface area contributed by atoms with Crippen molar-refractivity contribution in [3.8, 4) is 5.75 Å². The lowest BCUT2D eigenvalue weighted by Gasteiger charge is -2.04. The Morgan fingerprint density at radius 2 is 1.87 bits per heavy atom. The quantitative estimate of drug-likeness (QED) is 0.787. The van der Waals surface area contributed by atoms with Crippen molar-refractivity contribution < 1.29 is 14.3 Å². The van der Waals surface area contributed by atoms with Crippen molar-refractivity contribution in [2.24, 2.45) is 5.73 Å². The molecule has 1 aromatic rings. The number of hydrogen-bond acceptors (Lipinski definition) is 3. The Balaban J connectivity index is 2.50. The third-order valence-corrected chi connectivity index (χ3v) is 1.86. The van der Waals surface area contributed by atoms with Crippen LogP contribution >= 0.6 is 0 Å². The third kappa shape index (κ3) is 3.81. The van der Waals surface area contributed by atoms with Crippen LogP contribution in [0.25, 0.3) is 0 Å². The summed E-state index contributed by atoms with van der Waals surface area (Å²) in [6.45, 7) is 1.87. The van der Waals surface area contributed by atoms with Gasteiger partial charge in [-0.25, -0.2) is 0 Å². The average molecular weight is 207 g/mol. The van der Waals surface area contributed by atoms with E-state index in [0.717, 1.165) is 0 Å². The summed E-state index contributed by atoms with van der Waals surface area (Å²) >= 11 is 0. The van der Waals surface area contributed by atoms with Crippen molar-refractivity contribution in [3.05, 3.63) is 29.8 Å². The van der Waals surface area contributed by atoms with Gasteiger partial charge in [-0.05, 0) is 31.2 Å². The summed E-state index contributed by atoms with van der Waals surface area (Å²) in [5, 5.41) is 0. The van der Waals surface area contributed by atoms with Gasteiger partial charge in [-0.1, -0.05) is 0 Å². The maximum absolute atomic E-state index is 10.8. The minimum absolute atomic E-state index is 0.0868. The van der Waals surface area contributed by atoms with Crippen LogP contribution in [0.15, 0.2) is 24.3 Å². The zero-order chi connectivity index (χ0) is 11.3. The number of carbonyl (C=O) groups excluding carboxylic acids is 2. The van der Waals surface area contributed by atoms with Crippen molar-refractivity contribution in [1.82, 2.24) is 0 Å². The molecule has 0 atom stereocenters. The highest BCUT2D eigenvalue weighted by molar-refractivity contribution is 5.92. The summed E-state index contributed by atoms with van der Waals surface area (Å²) in [4.78, 5) is 21.4. The molecule has 0 saturated heterocycles. The Morgan fingerprint density at radius 1 is 1.27 bits per heavy atom. The van der Waals surface area contributed by atoms with Crippen LogP contribution in [-0.4, -0.2) is 18.3 Å². The third-order valence-electron chi connectivity index (χ3n) is 1.86. The van der Waals surface area contributed by atoms with Gasteiger partial charge in [0.1, 0.15) is 11.5 Å². The highest BCUT2D eigenvalue weighted by atomic mass is 16.5. The van der Waals surface area contributed by atoms with E-state index in [2.05, 4.69) is 0 Å². The van der Waals surface area contributed by atoms with Crippen LogP contribution in [0.1, 0.15) is 23.7 Å². The van der Waals surface area contributed by atoms with Gasteiger partial charge in [0.05, 0.1) is 6.61 Å². The molecule has 0 heterocycles. The Hall–Kier alpha value is -1.84. The second-order valence-electron chi connectivity index (χ2n) is 3.19. The molecule has 4 heteroatoms.